The first-order valence-corrected chi connectivity index (χ1v) is 16.7. The van der Waals surface area contributed by atoms with Gasteiger partial charge in [-0.1, -0.05) is 162 Å². The average Bonchev–Trinajstić information content (AvgIpc) is 2.97. The second-order valence-electron chi connectivity index (χ2n) is 12.2. The Morgan fingerprint density at radius 3 is 1.15 bits per heavy atom. The minimum atomic E-state index is 0. The van der Waals surface area contributed by atoms with E-state index in [9.17, 15) is 0 Å². The molecule has 0 radical (unpaired) electrons. The molecule has 0 aliphatic heterocycles. The standard InChI is InChI=1S/2C20H27N2.2CH3.Zr/c2*1-5-6-7-8-12-21-19-11-9-10-18(22-19)20-16(3)13-15(2)14-17(20)4;;;/h2*9-11,13-14H,5-8,12H2,1-4H3;2*1H3;/q4*-1;+4. The summed E-state index contributed by atoms with van der Waals surface area (Å²) >= 11 is 0. The van der Waals surface area contributed by atoms with E-state index >= 15 is 0 Å². The Hall–Kier alpha value is -2.78. The van der Waals surface area contributed by atoms with Crippen molar-refractivity contribution in [2.24, 2.45) is 0 Å². The van der Waals surface area contributed by atoms with Crippen molar-refractivity contribution in [3.63, 3.8) is 0 Å². The van der Waals surface area contributed by atoms with Gasteiger partial charge < -0.3 is 35.5 Å². The monoisotopic (exact) mass is 710 g/mol. The van der Waals surface area contributed by atoms with Gasteiger partial charge in [-0.2, -0.15) is 0 Å². The molecule has 5 heteroatoms. The normalized spacial score (nSPS) is 10.0. The van der Waals surface area contributed by atoms with E-state index in [-0.39, 0.29) is 41.1 Å². The molecule has 4 rings (SSSR count). The van der Waals surface area contributed by atoms with Crippen LogP contribution in [-0.4, -0.2) is 23.1 Å². The molecule has 0 bridgehead atoms. The number of hydrogen-bond acceptors (Lipinski definition) is 2. The minimum absolute atomic E-state index is 0. The van der Waals surface area contributed by atoms with E-state index in [0.29, 0.717) is 0 Å². The first kappa shape index (κ1) is 44.2. The number of rotatable bonds is 14. The van der Waals surface area contributed by atoms with E-state index in [1.807, 2.05) is 12.1 Å². The van der Waals surface area contributed by atoms with Crippen LogP contribution in [-0.2, 0) is 26.2 Å². The van der Waals surface area contributed by atoms with Gasteiger partial charge in [-0.05, 0) is 86.3 Å². The summed E-state index contributed by atoms with van der Waals surface area (Å²) in [6.07, 6.45) is 9.95. The molecule has 4 aromatic rings. The van der Waals surface area contributed by atoms with E-state index < -0.39 is 0 Å². The van der Waals surface area contributed by atoms with Crippen molar-refractivity contribution in [2.45, 2.75) is 107 Å². The smallest absolute Gasteiger partial charge is 0.466 e. The summed E-state index contributed by atoms with van der Waals surface area (Å²) < 4.78 is 0. The summed E-state index contributed by atoms with van der Waals surface area (Å²) in [6.45, 7) is 19.1. The second kappa shape index (κ2) is 23.5. The Kier molecular flexibility index (Phi) is 22.1. The van der Waals surface area contributed by atoms with Gasteiger partial charge in [0, 0.05) is 0 Å². The van der Waals surface area contributed by atoms with E-state index in [2.05, 4.69) is 115 Å². The molecule has 0 aliphatic rings. The van der Waals surface area contributed by atoms with Crippen LogP contribution in [0.4, 0.5) is 11.6 Å². The fourth-order valence-electron chi connectivity index (χ4n) is 5.93. The van der Waals surface area contributed by atoms with Crippen molar-refractivity contribution in [1.29, 1.82) is 0 Å². The predicted molar refractivity (Wildman–Crippen MR) is 205 cm³/mol. The molecule has 2 aromatic carbocycles. The molecule has 4 nitrogen and oxygen atoms in total. The number of benzene rings is 2. The van der Waals surface area contributed by atoms with Crippen LogP contribution in [0, 0.1) is 56.4 Å². The largest absolute Gasteiger partial charge is 4.00 e. The Morgan fingerprint density at radius 2 is 0.830 bits per heavy atom. The van der Waals surface area contributed by atoms with Crippen molar-refractivity contribution in [1.82, 2.24) is 9.97 Å². The fraction of sp³-hybridized carbons (Fsp3) is 0.429. The van der Waals surface area contributed by atoms with E-state index in [1.54, 1.807) is 0 Å². The van der Waals surface area contributed by atoms with Crippen LogP contribution in [0.1, 0.15) is 98.6 Å². The first-order chi connectivity index (χ1) is 21.2. The number of pyridine rings is 2. The molecule has 0 aliphatic carbocycles. The zero-order valence-electron chi connectivity index (χ0n) is 31.1. The molecule has 252 valence electrons. The zero-order valence-corrected chi connectivity index (χ0v) is 33.6. The quantitative estimate of drug-likeness (QED) is 0.0966. The van der Waals surface area contributed by atoms with Gasteiger partial charge in [0.05, 0.1) is 0 Å². The average molecular weight is 712 g/mol. The van der Waals surface area contributed by atoms with Crippen LogP contribution in [0.15, 0.2) is 60.7 Å². The topological polar surface area (TPSA) is 54.0 Å². The molecule has 0 fully saturated rings. The van der Waals surface area contributed by atoms with Crippen LogP contribution < -0.4 is 0 Å². The molecule has 0 saturated carbocycles. The van der Waals surface area contributed by atoms with Gasteiger partial charge in [0.25, 0.3) is 0 Å². The van der Waals surface area contributed by atoms with Crippen molar-refractivity contribution in [2.75, 3.05) is 13.1 Å². The van der Waals surface area contributed by atoms with Gasteiger partial charge in [0.1, 0.15) is 0 Å². The van der Waals surface area contributed by atoms with Gasteiger partial charge in [0.15, 0.2) is 0 Å². The van der Waals surface area contributed by atoms with Crippen molar-refractivity contribution >= 4 is 11.6 Å². The van der Waals surface area contributed by atoms with Crippen LogP contribution in [0.3, 0.4) is 0 Å². The Labute approximate surface area is 308 Å². The van der Waals surface area contributed by atoms with E-state index in [4.69, 9.17) is 9.97 Å². The van der Waals surface area contributed by atoms with E-state index in [0.717, 1.165) is 49.0 Å². The molecule has 0 atom stereocenters. The summed E-state index contributed by atoms with van der Waals surface area (Å²) in [7, 11) is 0. The van der Waals surface area contributed by atoms with E-state index in [1.165, 1.54) is 83.0 Å². The summed E-state index contributed by atoms with van der Waals surface area (Å²) in [4.78, 5) is 9.49. The van der Waals surface area contributed by atoms with Gasteiger partial charge in [-0.25, -0.2) is 0 Å². The molecular formula is C42H60N4Zr. The Balaban J connectivity index is 0.000000846. The van der Waals surface area contributed by atoms with Gasteiger partial charge >= 0.3 is 26.2 Å². The molecular weight excluding hydrogens is 652 g/mol. The van der Waals surface area contributed by atoms with Gasteiger partial charge in [-0.15, -0.1) is 0 Å². The maximum atomic E-state index is 4.75. The third-order valence-electron chi connectivity index (χ3n) is 7.91. The number of hydrogen-bond donors (Lipinski definition) is 0. The number of aromatic nitrogens is 2. The Morgan fingerprint density at radius 1 is 0.489 bits per heavy atom. The van der Waals surface area contributed by atoms with Crippen LogP contribution >= 0.6 is 0 Å². The molecule has 47 heavy (non-hydrogen) atoms. The molecule has 0 amide bonds. The van der Waals surface area contributed by atoms with Crippen LogP contribution in [0.5, 0.6) is 0 Å². The van der Waals surface area contributed by atoms with Crippen molar-refractivity contribution in [3.8, 4) is 22.5 Å². The maximum Gasteiger partial charge on any atom is 4.00 e. The fourth-order valence-corrected chi connectivity index (χ4v) is 5.93. The number of nitrogens with zero attached hydrogens (tertiary/aromatic N) is 4. The third kappa shape index (κ3) is 14.5. The summed E-state index contributed by atoms with van der Waals surface area (Å²) in [5.41, 5.74) is 12.3. The third-order valence-corrected chi connectivity index (χ3v) is 7.91. The Bertz CT molecular complexity index is 1310. The number of aryl methyl sites for hydroxylation is 6. The number of unbranched alkanes of at least 4 members (excludes halogenated alkanes) is 6. The van der Waals surface area contributed by atoms with Crippen LogP contribution in [0.2, 0.25) is 0 Å². The predicted octanol–water partition coefficient (Wildman–Crippen LogP) is 13.4. The minimum Gasteiger partial charge on any atom is -0.466 e. The summed E-state index contributed by atoms with van der Waals surface area (Å²) in [5.74, 6) is 1.71. The molecule has 0 spiro atoms. The van der Waals surface area contributed by atoms with Crippen LogP contribution in [0.25, 0.3) is 33.1 Å². The zero-order chi connectivity index (χ0) is 31.9. The van der Waals surface area contributed by atoms with Gasteiger partial charge in [0.2, 0.25) is 0 Å². The molecule has 0 saturated heterocycles. The second-order valence-corrected chi connectivity index (χ2v) is 12.2. The van der Waals surface area contributed by atoms with Crippen molar-refractivity contribution < 1.29 is 26.2 Å². The first-order valence-electron chi connectivity index (χ1n) is 16.7. The summed E-state index contributed by atoms with van der Waals surface area (Å²) in [5, 5.41) is 9.26. The van der Waals surface area contributed by atoms with Crippen molar-refractivity contribution in [3.05, 3.63) is 120 Å². The molecule has 2 aromatic heterocycles. The molecule has 0 N–H and O–H groups in total. The van der Waals surface area contributed by atoms with Gasteiger partial charge in [-0.3, -0.25) is 0 Å². The molecule has 2 heterocycles. The summed E-state index contributed by atoms with van der Waals surface area (Å²) in [6, 6.07) is 21.2. The maximum absolute atomic E-state index is 4.75. The molecule has 0 unspecified atom stereocenters. The SMILES string of the molecule is CCCCCC[N-]c1cccc(-c2c(C)cc(C)cc2C)n1.CCCCCC[N-]c1cccc(-c2c(C)cc(C)cc2C)n1.[CH3-].[CH3-].[Zr+4].